The first-order chi connectivity index (χ1) is 18.0. The Morgan fingerprint density at radius 1 is 1.05 bits per heavy atom. The minimum Gasteiger partial charge on any atom is -0.504 e. The average Bonchev–Trinajstić information content (AvgIpc) is 3.55. The molecule has 192 valence electrons. The van der Waals surface area contributed by atoms with Gasteiger partial charge in [0.2, 0.25) is 5.91 Å². The number of piperidine rings is 1. The van der Waals surface area contributed by atoms with Crippen LogP contribution in [0.5, 0.6) is 11.5 Å². The van der Waals surface area contributed by atoms with Crippen LogP contribution in [0.1, 0.15) is 55.2 Å². The molecular weight excluding hydrogens is 464 g/mol. The first kappa shape index (κ1) is 22.2. The fourth-order valence-corrected chi connectivity index (χ4v) is 8.61. The zero-order chi connectivity index (χ0) is 24.9. The maximum absolute atomic E-state index is 13.7. The molecule has 1 spiro atoms. The number of aromatic hydroxyl groups is 1. The van der Waals surface area contributed by atoms with E-state index in [4.69, 9.17) is 4.74 Å². The maximum Gasteiger partial charge on any atom is 0.250 e. The van der Waals surface area contributed by atoms with Gasteiger partial charge in [0.1, 0.15) is 6.10 Å². The van der Waals surface area contributed by atoms with E-state index in [-0.39, 0.29) is 29.8 Å². The van der Waals surface area contributed by atoms with Crippen LogP contribution in [0, 0.1) is 5.92 Å². The molecule has 2 N–H and O–H groups in total. The lowest BCUT2D eigenvalue weighted by molar-refractivity contribution is -0.200. The van der Waals surface area contributed by atoms with Crippen LogP contribution < -0.4 is 4.74 Å². The predicted molar refractivity (Wildman–Crippen MR) is 139 cm³/mol. The summed E-state index contributed by atoms with van der Waals surface area (Å²) in [6.45, 7) is 2.66. The van der Waals surface area contributed by atoms with E-state index in [1.807, 2.05) is 47.4 Å². The second-order valence-corrected chi connectivity index (χ2v) is 12.2. The van der Waals surface area contributed by atoms with Gasteiger partial charge in [-0.05, 0) is 80.7 Å². The Balaban J connectivity index is 1.19. The molecule has 3 aliphatic carbocycles. The molecule has 2 bridgehead atoms. The molecule has 4 fully saturated rings. The smallest absolute Gasteiger partial charge is 0.250 e. The van der Waals surface area contributed by atoms with Crippen LogP contribution in [0.4, 0.5) is 0 Å². The van der Waals surface area contributed by atoms with Gasteiger partial charge in [-0.1, -0.05) is 36.4 Å². The molecule has 2 saturated heterocycles. The Labute approximate surface area is 217 Å². The highest BCUT2D eigenvalue weighted by atomic mass is 16.5. The fourth-order valence-electron chi connectivity index (χ4n) is 8.61. The van der Waals surface area contributed by atoms with Gasteiger partial charge in [0.05, 0.1) is 17.1 Å². The van der Waals surface area contributed by atoms with E-state index >= 15 is 0 Å². The van der Waals surface area contributed by atoms with Gasteiger partial charge < -0.3 is 19.8 Å². The summed E-state index contributed by atoms with van der Waals surface area (Å²) in [5.74, 6) is 1.55. The van der Waals surface area contributed by atoms with Crippen molar-refractivity contribution in [2.24, 2.45) is 5.92 Å². The summed E-state index contributed by atoms with van der Waals surface area (Å²) in [6, 6.07) is 13.8. The van der Waals surface area contributed by atoms with Crippen molar-refractivity contribution >= 4 is 12.0 Å². The van der Waals surface area contributed by atoms with E-state index in [0.29, 0.717) is 25.1 Å². The Morgan fingerprint density at radius 2 is 1.89 bits per heavy atom. The number of carbonyl (C=O) groups excluding carboxylic acids is 1. The summed E-state index contributed by atoms with van der Waals surface area (Å²) in [6.07, 6.45) is 7.93. The zero-order valence-electron chi connectivity index (χ0n) is 21.1. The topological polar surface area (TPSA) is 73.2 Å². The summed E-state index contributed by atoms with van der Waals surface area (Å²) >= 11 is 0. The molecule has 8 rings (SSSR count). The fraction of sp³-hybridized carbons (Fsp3) is 0.516. The van der Waals surface area contributed by atoms with Gasteiger partial charge in [-0.15, -0.1) is 0 Å². The van der Waals surface area contributed by atoms with Crippen molar-refractivity contribution in [3.8, 4) is 11.5 Å². The third-order valence-electron chi connectivity index (χ3n) is 10.4. The average molecular weight is 499 g/mol. The number of phenolic OH excluding ortho intramolecular Hbond substituents is 1. The van der Waals surface area contributed by atoms with Gasteiger partial charge in [-0.2, -0.15) is 0 Å². The number of benzene rings is 2. The van der Waals surface area contributed by atoms with E-state index in [2.05, 4.69) is 4.90 Å². The molecule has 6 aliphatic rings. The quantitative estimate of drug-likeness (QED) is 0.630. The Bertz CT molecular complexity index is 1320. The number of hydrogen-bond donors (Lipinski definition) is 2. The lowest BCUT2D eigenvalue weighted by atomic mass is 9.48. The number of phenols is 1. The van der Waals surface area contributed by atoms with Crippen molar-refractivity contribution in [1.82, 2.24) is 9.80 Å². The molecule has 1 amide bonds. The first-order valence-corrected chi connectivity index (χ1v) is 14.0. The highest BCUT2D eigenvalue weighted by Gasteiger charge is 2.73. The lowest BCUT2D eigenvalue weighted by Crippen LogP contribution is -2.78. The van der Waals surface area contributed by atoms with Crippen LogP contribution in [0.25, 0.3) is 6.08 Å². The number of nitrogens with zero attached hydrogens (tertiary/aromatic N) is 2. The molecule has 0 radical (unpaired) electrons. The summed E-state index contributed by atoms with van der Waals surface area (Å²) < 4.78 is 6.69. The molecule has 2 aromatic rings. The van der Waals surface area contributed by atoms with Crippen LogP contribution in [0.15, 0.2) is 48.0 Å². The molecule has 5 atom stereocenters. The number of likely N-dealkylation sites (tertiary alicyclic amines) is 2. The molecule has 2 saturated carbocycles. The van der Waals surface area contributed by atoms with Crippen molar-refractivity contribution in [2.75, 3.05) is 19.6 Å². The van der Waals surface area contributed by atoms with Crippen LogP contribution in [0.2, 0.25) is 0 Å². The third kappa shape index (κ3) is 2.91. The molecule has 37 heavy (non-hydrogen) atoms. The summed E-state index contributed by atoms with van der Waals surface area (Å²) in [5.41, 5.74) is 2.60. The Hall–Kier alpha value is -2.83. The largest absolute Gasteiger partial charge is 0.504 e. The monoisotopic (exact) mass is 498 g/mol. The van der Waals surface area contributed by atoms with Gasteiger partial charge in [-0.3, -0.25) is 9.69 Å². The standard InChI is InChI=1S/C31H34N2O4/c34-24-9-8-21-17-25-31(36)12-10-23(33-14-11-22(29(33)35)16-19-4-2-1-3-5-19)28-30(31,26(21)27(24)37-28)13-15-32(25)18-20-6-7-20/h1-5,8-9,16,20,23,25,28,34,36H,6-7,10-15,17-18H2/t23-,25-,28+,30+,31?/m1/s1. The normalized spacial score (nSPS) is 37.1. The van der Waals surface area contributed by atoms with E-state index in [9.17, 15) is 15.0 Å². The van der Waals surface area contributed by atoms with Crippen molar-refractivity contribution in [3.63, 3.8) is 0 Å². The lowest BCUT2D eigenvalue weighted by Gasteiger charge is -2.64. The van der Waals surface area contributed by atoms with Gasteiger partial charge in [0, 0.05) is 30.3 Å². The highest BCUT2D eigenvalue weighted by molar-refractivity contribution is 6.00. The van der Waals surface area contributed by atoms with Crippen molar-refractivity contribution in [1.29, 1.82) is 0 Å². The minimum atomic E-state index is -0.918. The Kier molecular flexibility index (Phi) is 4.56. The zero-order valence-corrected chi connectivity index (χ0v) is 21.1. The molecule has 6 nitrogen and oxygen atoms in total. The number of aliphatic hydroxyl groups is 1. The second-order valence-electron chi connectivity index (χ2n) is 12.2. The molecule has 0 aromatic heterocycles. The van der Waals surface area contributed by atoms with Crippen LogP contribution >= 0.6 is 0 Å². The van der Waals surface area contributed by atoms with Gasteiger partial charge in [-0.25, -0.2) is 0 Å². The van der Waals surface area contributed by atoms with Crippen LogP contribution in [-0.2, 0) is 16.6 Å². The van der Waals surface area contributed by atoms with Crippen molar-refractivity contribution in [3.05, 3.63) is 64.7 Å². The summed E-state index contributed by atoms with van der Waals surface area (Å²) in [5, 5.41) is 23.5. The number of ether oxygens (including phenoxy) is 1. The highest BCUT2D eigenvalue weighted by Crippen LogP contribution is 2.66. The SMILES string of the molecule is O=C1C(=Cc2ccccc2)CCN1[C@@H]1CCC2(O)[C@H]3Cc4ccc(O)c5c4[C@@]2(CCN3CC2CC2)[C@H]1O5. The maximum atomic E-state index is 13.7. The molecule has 3 heterocycles. The van der Waals surface area contributed by atoms with E-state index in [1.165, 1.54) is 18.4 Å². The van der Waals surface area contributed by atoms with E-state index in [1.54, 1.807) is 6.07 Å². The van der Waals surface area contributed by atoms with Gasteiger partial charge in [0.25, 0.3) is 0 Å². The molecule has 1 unspecified atom stereocenters. The summed E-state index contributed by atoms with van der Waals surface area (Å²) in [7, 11) is 0. The van der Waals surface area contributed by atoms with Gasteiger partial charge in [0.15, 0.2) is 11.5 Å². The van der Waals surface area contributed by atoms with Gasteiger partial charge >= 0.3 is 0 Å². The van der Waals surface area contributed by atoms with Crippen molar-refractivity contribution in [2.45, 2.75) is 74.1 Å². The van der Waals surface area contributed by atoms with E-state index < -0.39 is 11.0 Å². The first-order valence-electron chi connectivity index (χ1n) is 14.0. The second kappa shape index (κ2) is 7.61. The molecular formula is C31H34N2O4. The molecule has 6 heteroatoms. The minimum absolute atomic E-state index is 0.0553. The third-order valence-corrected chi connectivity index (χ3v) is 10.4. The van der Waals surface area contributed by atoms with Crippen LogP contribution in [-0.4, -0.2) is 69.3 Å². The van der Waals surface area contributed by atoms with Crippen molar-refractivity contribution < 1.29 is 19.7 Å². The number of rotatable bonds is 4. The van der Waals surface area contributed by atoms with E-state index in [0.717, 1.165) is 55.0 Å². The number of hydrogen-bond acceptors (Lipinski definition) is 5. The molecule has 2 aromatic carbocycles. The number of carbonyl (C=O) groups is 1. The molecule has 3 aliphatic heterocycles. The Morgan fingerprint density at radius 3 is 2.70 bits per heavy atom. The number of amides is 1. The summed E-state index contributed by atoms with van der Waals surface area (Å²) in [4.78, 5) is 18.3. The predicted octanol–water partition coefficient (Wildman–Crippen LogP) is 3.64. The van der Waals surface area contributed by atoms with Crippen LogP contribution in [0.3, 0.4) is 0 Å².